The van der Waals surface area contributed by atoms with Gasteiger partial charge in [0.05, 0.1) is 12.0 Å². The van der Waals surface area contributed by atoms with E-state index in [2.05, 4.69) is 11.8 Å². The first-order chi connectivity index (χ1) is 8.20. The molecule has 0 bridgehead atoms. The lowest BCUT2D eigenvalue weighted by Crippen LogP contribution is -2.20. The second-order valence-corrected chi connectivity index (χ2v) is 4.21. The fraction of sp³-hybridized carbons (Fsp3) is 0.357. The summed E-state index contributed by atoms with van der Waals surface area (Å²) in [7, 11) is 0. The zero-order valence-corrected chi connectivity index (χ0v) is 9.44. The molecule has 0 amide bonds. The Bertz CT molecular complexity index is 490. The molecule has 1 fully saturated rings. The van der Waals surface area contributed by atoms with Gasteiger partial charge in [0.15, 0.2) is 0 Å². The third-order valence-electron chi connectivity index (χ3n) is 3.06. The fourth-order valence-electron chi connectivity index (χ4n) is 1.95. The monoisotopic (exact) mass is 230 g/mol. The molecule has 3 nitrogen and oxygen atoms in total. The topological polar surface area (TPSA) is 57.5 Å². The van der Waals surface area contributed by atoms with Crippen molar-refractivity contribution in [1.82, 2.24) is 0 Å². The van der Waals surface area contributed by atoms with E-state index in [9.17, 15) is 9.90 Å². The van der Waals surface area contributed by atoms with Gasteiger partial charge in [0.25, 0.3) is 0 Å². The van der Waals surface area contributed by atoms with Crippen molar-refractivity contribution in [2.75, 3.05) is 6.61 Å². The van der Waals surface area contributed by atoms with Crippen molar-refractivity contribution in [3.63, 3.8) is 0 Å². The highest BCUT2D eigenvalue weighted by Gasteiger charge is 2.52. The van der Waals surface area contributed by atoms with E-state index < -0.39 is 11.4 Å². The average Bonchev–Trinajstić information content (AvgIpc) is 3.11. The summed E-state index contributed by atoms with van der Waals surface area (Å²) in [6.45, 7) is 0.0270. The number of hydrogen-bond acceptors (Lipinski definition) is 2. The Kier molecular flexibility index (Phi) is 3.16. The minimum Gasteiger partial charge on any atom is -0.481 e. The largest absolute Gasteiger partial charge is 0.481 e. The van der Waals surface area contributed by atoms with Crippen LogP contribution in [0.3, 0.4) is 0 Å². The van der Waals surface area contributed by atoms with Gasteiger partial charge in [-0.05, 0) is 24.5 Å². The van der Waals surface area contributed by atoms with Crippen molar-refractivity contribution in [1.29, 1.82) is 0 Å². The van der Waals surface area contributed by atoms with Gasteiger partial charge in [0, 0.05) is 12.0 Å². The summed E-state index contributed by atoms with van der Waals surface area (Å²) in [5.41, 5.74) is 0.851. The number of carbonyl (C=O) groups is 1. The number of carboxylic acids is 1. The highest BCUT2D eigenvalue weighted by atomic mass is 16.4. The number of benzene rings is 1. The zero-order chi connectivity index (χ0) is 12.3. The van der Waals surface area contributed by atoms with E-state index in [0.717, 1.165) is 11.1 Å². The molecule has 0 atom stereocenters. The highest BCUT2D eigenvalue weighted by Crippen LogP contribution is 2.49. The number of hydrogen-bond donors (Lipinski definition) is 2. The van der Waals surface area contributed by atoms with E-state index >= 15 is 0 Å². The molecule has 2 rings (SSSR count). The van der Waals surface area contributed by atoms with Crippen LogP contribution in [0.25, 0.3) is 0 Å². The Hall–Kier alpha value is -1.79. The lowest BCUT2D eigenvalue weighted by Gasteiger charge is -2.12. The first-order valence-electron chi connectivity index (χ1n) is 5.63. The molecule has 1 aliphatic carbocycles. The third kappa shape index (κ3) is 2.17. The molecule has 2 N–H and O–H groups in total. The molecular weight excluding hydrogens is 216 g/mol. The van der Waals surface area contributed by atoms with Gasteiger partial charge in [-0.2, -0.15) is 0 Å². The Labute approximate surface area is 100 Å². The SMILES string of the molecule is O=C(O)C1(c2ccccc2C#CCCO)CC1. The number of aliphatic hydroxyl groups is 1. The molecule has 0 unspecified atom stereocenters. The molecular formula is C14H14O3. The maximum absolute atomic E-state index is 11.3. The normalized spacial score (nSPS) is 15.8. The molecule has 0 spiro atoms. The Balaban J connectivity index is 2.36. The van der Waals surface area contributed by atoms with Gasteiger partial charge in [-0.3, -0.25) is 4.79 Å². The van der Waals surface area contributed by atoms with E-state index in [1.165, 1.54) is 0 Å². The molecule has 1 aromatic carbocycles. The standard InChI is InChI=1S/C14H14O3/c15-10-4-3-6-11-5-1-2-7-12(11)14(8-9-14)13(16)17/h1-2,5,7,15H,4,8-10H2,(H,16,17). The van der Waals surface area contributed by atoms with Crippen LogP contribution in [0.1, 0.15) is 30.4 Å². The molecule has 1 aliphatic rings. The van der Waals surface area contributed by atoms with Crippen LogP contribution < -0.4 is 0 Å². The van der Waals surface area contributed by atoms with Crippen LogP contribution in [0.5, 0.6) is 0 Å². The number of aliphatic hydroxyl groups excluding tert-OH is 1. The maximum Gasteiger partial charge on any atom is 0.314 e. The molecule has 0 aromatic heterocycles. The summed E-state index contributed by atoms with van der Waals surface area (Å²) in [4.78, 5) is 11.3. The van der Waals surface area contributed by atoms with Gasteiger partial charge < -0.3 is 10.2 Å². The van der Waals surface area contributed by atoms with E-state index in [1.807, 2.05) is 24.3 Å². The molecule has 88 valence electrons. The van der Waals surface area contributed by atoms with Crippen LogP contribution in [0.4, 0.5) is 0 Å². The second kappa shape index (κ2) is 4.60. The van der Waals surface area contributed by atoms with Crippen molar-refractivity contribution in [2.24, 2.45) is 0 Å². The molecule has 0 aliphatic heterocycles. The lowest BCUT2D eigenvalue weighted by atomic mass is 9.91. The summed E-state index contributed by atoms with van der Waals surface area (Å²) in [6.07, 6.45) is 1.77. The van der Waals surface area contributed by atoms with E-state index in [-0.39, 0.29) is 6.61 Å². The quantitative estimate of drug-likeness (QED) is 0.774. The number of rotatable bonds is 3. The molecule has 1 aromatic rings. The summed E-state index contributed by atoms with van der Waals surface area (Å²) in [6, 6.07) is 7.37. The van der Waals surface area contributed by atoms with Gasteiger partial charge in [-0.1, -0.05) is 30.0 Å². The third-order valence-corrected chi connectivity index (χ3v) is 3.06. The lowest BCUT2D eigenvalue weighted by molar-refractivity contribution is -0.140. The summed E-state index contributed by atoms with van der Waals surface area (Å²) in [5.74, 6) is 5.01. The van der Waals surface area contributed by atoms with Crippen molar-refractivity contribution in [2.45, 2.75) is 24.7 Å². The molecule has 1 saturated carbocycles. The number of aliphatic carboxylic acids is 1. The van der Waals surface area contributed by atoms with Gasteiger partial charge >= 0.3 is 5.97 Å². The molecule has 0 heterocycles. The first kappa shape index (κ1) is 11.7. The van der Waals surface area contributed by atoms with Crippen molar-refractivity contribution in [3.8, 4) is 11.8 Å². The molecule has 0 saturated heterocycles. The van der Waals surface area contributed by atoms with Crippen molar-refractivity contribution in [3.05, 3.63) is 35.4 Å². The Morgan fingerprint density at radius 1 is 1.35 bits per heavy atom. The minimum atomic E-state index is -0.770. The van der Waals surface area contributed by atoms with E-state index in [0.29, 0.717) is 19.3 Å². The van der Waals surface area contributed by atoms with Crippen molar-refractivity contribution < 1.29 is 15.0 Å². The Morgan fingerprint density at radius 3 is 2.65 bits per heavy atom. The van der Waals surface area contributed by atoms with Crippen molar-refractivity contribution >= 4 is 5.97 Å². The van der Waals surface area contributed by atoms with E-state index in [4.69, 9.17) is 5.11 Å². The van der Waals surface area contributed by atoms with Crippen LogP contribution in [0.2, 0.25) is 0 Å². The molecule has 3 heteroatoms. The fourth-order valence-corrected chi connectivity index (χ4v) is 1.95. The smallest absolute Gasteiger partial charge is 0.314 e. The van der Waals surface area contributed by atoms with E-state index in [1.54, 1.807) is 0 Å². The van der Waals surface area contributed by atoms with Gasteiger partial charge in [0.1, 0.15) is 0 Å². The summed E-state index contributed by atoms with van der Waals surface area (Å²) in [5, 5.41) is 17.9. The van der Waals surface area contributed by atoms with Crippen LogP contribution in [0, 0.1) is 11.8 Å². The summed E-state index contributed by atoms with van der Waals surface area (Å²) >= 11 is 0. The zero-order valence-electron chi connectivity index (χ0n) is 9.44. The highest BCUT2D eigenvalue weighted by molar-refractivity contribution is 5.86. The summed E-state index contributed by atoms with van der Waals surface area (Å²) < 4.78 is 0. The predicted octanol–water partition coefficient (Wildman–Crippen LogP) is 1.54. The average molecular weight is 230 g/mol. The maximum atomic E-state index is 11.3. The molecule has 0 radical (unpaired) electrons. The Morgan fingerprint density at radius 2 is 2.06 bits per heavy atom. The van der Waals surface area contributed by atoms with Crippen LogP contribution in [0.15, 0.2) is 24.3 Å². The minimum absolute atomic E-state index is 0.0270. The van der Waals surface area contributed by atoms with Gasteiger partial charge in [0.2, 0.25) is 0 Å². The first-order valence-corrected chi connectivity index (χ1v) is 5.63. The second-order valence-electron chi connectivity index (χ2n) is 4.21. The predicted molar refractivity (Wildman–Crippen MR) is 63.6 cm³/mol. The van der Waals surface area contributed by atoms with Crippen LogP contribution in [-0.2, 0) is 10.2 Å². The van der Waals surface area contributed by atoms with Gasteiger partial charge in [-0.15, -0.1) is 0 Å². The van der Waals surface area contributed by atoms with Crippen LogP contribution >= 0.6 is 0 Å². The van der Waals surface area contributed by atoms with Gasteiger partial charge in [-0.25, -0.2) is 0 Å². The molecule has 17 heavy (non-hydrogen) atoms. The number of carboxylic acid groups (broad SMARTS) is 1. The van der Waals surface area contributed by atoms with Crippen LogP contribution in [-0.4, -0.2) is 22.8 Å².